The number of carbonyl (C=O) groups excluding carboxylic acids is 1. The zero-order valence-corrected chi connectivity index (χ0v) is 14.6. The Labute approximate surface area is 155 Å². The average molecular weight is 358 g/mol. The Hall–Kier alpha value is -3.48. The van der Waals surface area contributed by atoms with E-state index in [1.54, 1.807) is 6.20 Å². The van der Waals surface area contributed by atoms with Gasteiger partial charge in [-0.05, 0) is 36.6 Å². The predicted octanol–water partition coefficient (Wildman–Crippen LogP) is 2.78. The molecule has 4 aromatic heterocycles. The number of rotatable bonds is 5. The lowest BCUT2D eigenvalue weighted by Gasteiger charge is -2.08. The summed E-state index contributed by atoms with van der Waals surface area (Å²) in [5, 5.41) is 7.18. The minimum absolute atomic E-state index is 0.0737. The molecule has 0 spiro atoms. The summed E-state index contributed by atoms with van der Waals surface area (Å²) in [5.74, 6) is 0.573. The van der Waals surface area contributed by atoms with Crippen molar-refractivity contribution in [2.24, 2.45) is 0 Å². The van der Waals surface area contributed by atoms with Gasteiger partial charge in [0.1, 0.15) is 12.1 Å². The molecule has 1 saturated carbocycles. The van der Waals surface area contributed by atoms with Crippen molar-refractivity contribution in [3.05, 3.63) is 66.4 Å². The Morgan fingerprint density at radius 1 is 1.19 bits per heavy atom. The lowest BCUT2D eigenvalue weighted by Crippen LogP contribution is -2.25. The minimum atomic E-state index is -0.0737. The first-order valence-corrected chi connectivity index (χ1v) is 8.98. The largest absolute Gasteiger partial charge is 0.365 e. The SMILES string of the molecule is O=C(NC1CC1)c1c2c(NCc3cccnc3)ncnc2n2ccccc12. The molecule has 7 nitrogen and oxygen atoms in total. The zero-order chi connectivity index (χ0) is 18.2. The number of hydrogen-bond acceptors (Lipinski definition) is 5. The molecule has 0 radical (unpaired) electrons. The van der Waals surface area contributed by atoms with Crippen molar-refractivity contribution in [3.8, 4) is 0 Å². The van der Waals surface area contributed by atoms with E-state index < -0.39 is 0 Å². The Balaban J connectivity index is 1.63. The van der Waals surface area contributed by atoms with Crippen LogP contribution < -0.4 is 10.6 Å². The predicted molar refractivity (Wildman–Crippen MR) is 103 cm³/mol. The van der Waals surface area contributed by atoms with Gasteiger partial charge in [-0.25, -0.2) is 9.97 Å². The summed E-state index contributed by atoms with van der Waals surface area (Å²) in [6.07, 6.45) is 9.07. The van der Waals surface area contributed by atoms with E-state index >= 15 is 0 Å². The molecule has 2 N–H and O–H groups in total. The summed E-state index contributed by atoms with van der Waals surface area (Å²) in [6.45, 7) is 0.565. The van der Waals surface area contributed by atoms with E-state index in [9.17, 15) is 4.79 Å². The molecule has 7 heteroatoms. The van der Waals surface area contributed by atoms with Crippen LogP contribution in [0, 0.1) is 0 Å². The van der Waals surface area contributed by atoms with Crippen molar-refractivity contribution in [1.82, 2.24) is 24.7 Å². The average Bonchev–Trinajstić information content (AvgIpc) is 3.46. The van der Waals surface area contributed by atoms with Gasteiger partial charge in [0, 0.05) is 31.2 Å². The van der Waals surface area contributed by atoms with Crippen molar-refractivity contribution in [1.29, 1.82) is 0 Å². The first kappa shape index (κ1) is 15.7. The molecule has 0 aliphatic heterocycles. The first-order chi connectivity index (χ1) is 13.3. The van der Waals surface area contributed by atoms with Crippen molar-refractivity contribution in [3.63, 3.8) is 0 Å². The molecule has 1 aliphatic rings. The fraction of sp³-hybridized carbons (Fsp3) is 0.200. The van der Waals surface area contributed by atoms with Gasteiger partial charge in [-0.1, -0.05) is 12.1 Å². The number of carbonyl (C=O) groups is 1. The lowest BCUT2D eigenvalue weighted by molar-refractivity contribution is 0.0954. The van der Waals surface area contributed by atoms with Gasteiger partial charge in [-0.3, -0.25) is 9.78 Å². The minimum Gasteiger partial charge on any atom is -0.365 e. The molecule has 0 saturated heterocycles. The number of fused-ring (bicyclic) bond motifs is 3. The summed E-state index contributed by atoms with van der Waals surface area (Å²) >= 11 is 0. The summed E-state index contributed by atoms with van der Waals surface area (Å²) in [5.41, 5.74) is 3.20. The molecule has 0 atom stereocenters. The molecular formula is C20H18N6O. The second kappa shape index (κ2) is 6.35. The van der Waals surface area contributed by atoms with Gasteiger partial charge in [0.05, 0.1) is 16.5 Å². The van der Waals surface area contributed by atoms with Crippen LogP contribution in [0.5, 0.6) is 0 Å². The van der Waals surface area contributed by atoms with Crippen LogP contribution in [0.2, 0.25) is 0 Å². The Morgan fingerprint density at radius 2 is 2.11 bits per heavy atom. The standard InChI is InChI=1S/C20H18N6O/c27-20(25-14-6-7-14)16-15-5-1-2-9-26(15)19-17(16)18(23-12-24-19)22-11-13-4-3-8-21-10-13/h1-5,8-10,12,14H,6-7,11H2,(H,25,27)(H,22,23,24). The van der Waals surface area contributed by atoms with Gasteiger partial charge in [0.2, 0.25) is 0 Å². The molecule has 1 fully saturated rings. The number of nitrogens with zero attached hydrogens (tertiary/aromatic N) is 4. The van der Waals surface area contributed by atoms with Crippen LogP contribution in [0.4, 0.5) is 5.82 Å². The van der Waals surface area contributed by atoms with E-state index in [-0.39, 0.29) is 11.9 Å². The van der Waals surface area contributed by atoms with Crippen LogP contribution in [-0.4, -0.2) is 31.3 Å². The molecule has 27 heavy (non-hydrogen) atoms. The van der Waals surface area contributed by atoms with Crippen LogP contribution in [0.15, 0.2) is 55.2 Å². The number of anilines is 1. The topological polar surface area (TPSA) is 84.2 Å². The Bertz CT molecular complexity index is 1130. The normalized spacial score (nSPS) is 13.8. The number of aromatic nitrogens is 4. The van der Waals surface area contributed by atoms with Crippen LogP contribution in [0.25, 0.3) is 16.6 Å². The maximum Gasteiger partial charge on any atom is 0.254 e. The van der Waals surface area contributed by atoms with Gasteiger partial charge in [0.15, 0.2) is 5.65 Å². The van der Waals surface area contributed by atoms with Crippen molar-refractivity contribution in [2.45, 2.75) is 25.4 Å². The first-order valence-electron chi connectivity index (χ1n) is 8.98. The molecule has 0 unspecified atom stereocenters. The van der Waals surface area contributed by atoms with Gasteiger partial charge in [-0.15, -0.1) is 0 Å². The third-order valence-corrected chi connectivity index (χ3v) is 4.74. The van der Waals surface area contributed by atoms with E-state index in [1.165, 1.54) is 6.33 Å². The molecule has 1 amide bonds. The van der Waals surface area contributed by atoms with E-state index in [4.69, 9.17) is 0 Å². The third kappa shape index (κ3) is 2.87. The highest BCUT2D eigenvalue weighted by molar-refractivity contribution is 6.16. The van der Waals surface area contributed by atoms with E-state index in [2.05, 4.69) is 25.6 Å². The highest BCUT2D eigenvalue weighted by Crippen LogP contribution is 2.31. The quantitative estimate of drug-likeness (QED) is 0.573. The fourth-order valence-corrected chi connectivity index (χ4v) is 3.29. The summed E-state index contributed by atoms with van der Waals surface area (Å²) in [6, 6.07) is 9.97. The van der Waals surface area contributed by atoms with Crippen molar-refractivity contribution >= 4 is 28.3 Å². The highest BCUT2D eigenvalue weighted by atomic mass is 16.1. The van der Waals surface area contributed by atoms with Crippen LogP contribution in [0.1, 0.15) is 28.8 Å². The van der Waals surface area contributed by atoms with Crippen molar-refractivity contribution < 1.29 is 4.79 Å². The van der Waals surface area contributed by atoms with Crippen LogP contribution in [-0.2, 0) is 6.54 Å². The van der Waals surface area contributed by atoms with Gasteiger partial charge in [-0.2, -0.15) is 0 Å². The molecule has 134 valence electrons. The summed E-state index contributed by atoms with van der Waals surface area (Å²) < 4.78 is 1.94. The fourth-order valence-electron chi connectivity index (χ4n) is 3.29. The second-order valence-electron chi connectivity index (χ2n) is 6.71. The monoisotopic (exact) mass is 358 g/mol. The molecule has 0 bridgehead atoms. The number of pyridine rings is 2. The van der Waals surface area contributed by atoms with Gasteiger partial charge < -0.3 is 15.0 Å². The van der Waals surface area contributed by atoms with Gasteiger partial charge >= 0.3 is 0 Å². The number of hydrogen-bond donors (Lipinski definition) is 2. The van der Waals surface area contributed by atoms with E-state index in [0.717, 1.165) is 35.0 Å². The summed E-state index contributed by atoms with van der Waals surface area (Å²) in [4.78, 5) is 26.0. The molecular weight excluding hydrogens is 340 g/mol. The number of amides is 1. The van der Waals surface area contributed by atoms with Crippen LogP contribution >= 0.6 is 0 Å². The van der Waals surface area contributed by atoms with E-state index in [1.807, 2.05) is 47.1 Å². The summed E-state index contributed by atoms with van der Waals surface area (Å²) in [7, 11) is 0. The van der Waals surface area contributed by atoms with E-state index in [0.29, 0.717) is 17.9 Å². The Kier molecular flexibility index (Phi) is 3.71. The third-order valence-electron chi connectivity index (χ3n) is 4.74. The van der Waals surface area contributed by atoms with Crippen LogP contribution in [0.3, 0.4) is 0 Å². The molecule has 4 heterocycles. The molecule has 1 aliphatic carbocycles. The molecule has 0 aromatic carbocycles. The zero-order valence-electron chi connectivity index (χ0n) is 14.6. The Morgan fingerprint density at radius 3 is 2.93 bits per heavy atom. The second-order valence-corrected chi connectivity index (χ2v) is 6.71. The number of nitrogens with one attached hydrogen (secondary N) is 2. The molecule has 4 aromatic rings. The highest BCUT2D eigenvalue weighted by Gasteiger charge is 2.28. The maximum absolute atomic E-state index is 13.0. The lowest BCUT2D eigenvalue weighted by atomic mass is 10.1. The molecule has 5 rings (SSSR count). The maximum atomic E-state index is 13.0. The van der Waals surface area contributed by atoms with Gasteiger partial charge in [0.25, 0.3) is 5.91 Å². The smallest absolute Gasteiger partial charge is 0.254 e. The van der Waals surface area contributed by atoms with Crippen molar-refractivity contribution in [2.75, 3.05) is 5.32 Å².